The van der Waals surface area contributed by atoms with Crippen LogP contribution in [0.4, 0.5) is 0 Å². The summed E-state index contributed by atoms with van der Waals surface area (Å²) in [5.74, 6) is 0.957. The van der Waals surface area contributed by atoms with E-state index >= 15 is 0 Å². The fourth-order valence-electron chi connectivity index (χ4n) is 3.59. The lowest BCUT2D eigenvalue weighted by Gasteiger charge is -2.40. The number of hydrogen-bond donors (Lipinski definition) is 1. The van der Waals surface area contributed by atoms with Gasteiger partial charge in [-0.25, -0.2) is 0 Å². The minimum atomic E-state index is 0.143. The van der Waals surface area contributed by atoms with Gasteiger partial charge in [0.15, 0.2) is 0 Å². The first-order chi connectivity index (χ1) is 9.76. The second-order valence-corrected chi connectivity index (χ2v) is 6.71. The minimum absolute atomic E-state index is 0.143. The van der Waals surface area contributed by atoms with Crippen molar-refractivity contribution in [3.8, 4) is 0 Å². The second-order valence-electron chi connectivity index (χ2n) is 6.71. The van der Waals surface area contributed by atoms with Crippen LogP contribution in [0.5, 0.6) is 0 Å². The van der Waals surface area contributed by atoms with Gasteiger partial charge < -0.3 is 10.1 Å². The predicted molar refractivity (Wildman–Crippen MR) is 88.2 cm³/mol. The van der Waals surface area contributed by atoms with Crippen LogP contribution in [0.2, 0.25) is 0 Å². The summed E-state index contributed by atoms with van der Waals surface area (Å²) < 4.78 is 6.36. The predicted octanol–water partition coefficient (Wildman–Crippen LogP) is 4.92. The normalized spacial score (nSPS) is 26.9. The van der Waals surface area contributed by atoms with Crippen molar-refractivity contribution in [2.75, 3.05) is 20.2 Å². The zero-order valence-electron chi connectivity index (χ0n) is 14.2. The third-order valence-electron chi connectivity index (χ3n) is 4.87. The third-order valence-corrected chi connectivity index (χ3v) is 4.87. The number of nitrogens with one attached hydrogen (secondary N) is 1. The summed E-state index contributed by atoms with van der Waals surface area (Å²) in [6.07, 6.45) is 14.6. The lowest BCUT2D eigenvalue weighted by Crippen LogP contribution is -2.45. The number of hydrogen-bond acceptors (Lipinski definition) is 2. The van der Waals surface area contributed by atoms with Crippen LogP contribution in [0.3, 0.4) is 0 Å². The van der Waals surface area contributed by atoms with Gasteiger partial charge in [-0.05, 0) is 45.1 Å². The summed E-state index contributed by atoms with van der Waals surface area (Å²) in [6, 6.07) is 0. The van der Waals surface area contributed by atoms with E-state index in [0.717, 1.165) is 19.1 Å². The maximum atomic E-state index is 6.36. The fraction of sp³-hybridized carbons (Fsp3) is 1.00. The molecule has 20 heavy (non-hydrogen) atoms. The van der Waals surface area contributed by atoms with Gasteiger partial charge in [0.2, 0.25) is 0 Å². The molecule has 0 amide bonds. The molecule has 0 aromatic carbocycles. The highest BCUT2D eigenvalue weighted by molar-refractivity contribution is 4.89. The van der Waals surface area contributed by atoms with E-state index in [1.54, 1.807) is 0 Å². The molecule has 2 nitrogen and oxygen atoms in total. The van der Waals surface area contributed by atoms with Gasteiger partial charge in [0, 0.05) is 13.2 Å². The van der Waals surface area contributed by atoms with Gasteiger partial charge in [-0.15, -0.1) is 0 Å². The Bertz CT molecular complexity index is 221. The Balaban J connectivity index is 2.25. The van der Waals surface area contributed by atoms with Crippen LogP contribution in [-0.2, 0) is 4.74 Å². The zero-order valence-corrected chi connectivity index (χ0v) is 14.2. The molecule has 0 unspecified atom stereocenters. The van der Waals surface area contributed by atoms with Crippen molar-refractivity contribution >= 4 is 0 Å². The van der Waals surface area contributed by atoms with Crippen LogP contribution in [-0.4, -0.2) is 25.8 Å². The van der Waals surface area contributed by atoms with Crippen LogP contribution in [0, 0.1) is 5.92 Å². The van der Waals surface area contributed by atoms with Gasteiger partial charge in [-0.2, -0.15) is 0 Å². The molecule has 0 bridgehead atoms. The number of likely N-dealkylation sites (N-methyl/N-ethyl adjacent to an activating group) is 1. The molecule has 0 aromatic heterocycles. The molecule has 1 aliphatic carbocycles. The maximum absolute atomic E-state index is 6.36. The molecule has 0 heterocycles. The average Bonchev–Trinajstić information content (AvgIpc) is 2.46. The summed E-state index contributed by atoms with van der Waals surface area (Å²) in [6.45, 7) is 6.57. The van der Waals surface area contributed by atoms with Gasteiger partial charge in [-0.3, -0.25) is 0 Å². The van der Waals surface area contributed by atoms with Crippen molar-refractivity contribution in [1.29, 1.82) is 0 Å². The average molecular weight is 284 g/mol. The van der Waals surface area contributed by atoms with Gasteiger partial charge in [0.25, 0.3) is 0 Å². The summed E-state index contributed by atoms with van der Waals surface area (Å²) >= 11 is 0. The Morgan fingerprint density at radius 2 is 1.70 bits per heavy atom. The molecule has 1 rings (SSSR count). The fourth-order valence-corrected chi connectivity index (χ4v) is 3.59. The molecule has 0 aromatic rings. The van der Waals surface area contributed by atoms with Crippen LogP contribution in [0.1, 0.15) is 84.5 Å². The summed E-state index contributed by atoms with van der Waals surface area (Å²) in [4.78, 5) is 0. The van der Waals surface area contributed by atoms with E-state index in [9.17, 15) is 0 Å². The van der Waals surface area contributed by atoms with Gasteiger partial charge in [0.1, 0.15) is 0 Å². The second kappa shape index (κ2) is 10.6. The quantitative estimate of drug-likeness (QED) is 0.543. The van der Waals surface area contributed by atoms with E-state index in [2.05, 4.69) is 26.2 Å². The first kappa shape index (κ1) is 18.0. The molecule has 1 saturated carbocycles. The first-order valence-electron chi connectivity index (χ1n) is 9.05. The molecule has 0 aliphatic heterocycles. The third kappa shape index (κ3) is 6.58. The molecule has 2 heteroatoms. The summed E-state index contributed by atoms with van der Waals surface area (Å²) in [5.41, 5.74) is 0.143. The molecule has 1 N–H and O–H groups in total. The Hall–Kier alpha value is -0.0800. The summed E-state index contributed by atoms with van der Waals surface area (Å²) in [5, 5.41) is 3.36. The van der Waals surface area contributed by atoms with Crippen LogP contribution >= 0.6 is 0 Å². The highest BCUT2D eigenvalue weighted by Crippen LogP contribution is 2.36. The van der Waals surface area contributed by atoms with Crippen molar-refractivity contribution in [2.45, 2.75) is 90.1 Å². The Morgan fingerprint density at radius 1 is 1.00 bits per heavy atom. The zero-order chi connectivity index (χ0) is 14.7. The Labute approximate surface area is 127 Å². The molecule has 0 atom stereocenters. The molecule has 0 saturated heterocycles. The molecule has 0 spiro atoms. The van der Waals surface area contributed by atoms with Crippen molar-refractivity contribution < 1.29 is 4.74 Å². The van der Waals surface area contributed by atoms with Gasteiger partial charge in [-0.1, -0.05) is 52.4 Å². The maximum Gasteiger partial charge on any atom is 0.0806 e. The highest BCUT2D eigenvalue weighted by Gasteiger charge is 2.35. The van der Waals surface area contributed by atoms with Crippen molar-refractivity contribution in [3.05, 3.63) is 0 Å². The van der Waals surface area contributed by atoms with E-state index in [1.807, 2.05) is 0 Å². The molecule has 1 aliphatic rings. The molecular weight excluding hydrogens is 246 g/mol. The SMILES string of the molecule is CCCCCCCOC1(CNC)CCC(CCC)CC1. The van der Waals surface area contributed by atoms with E-state index in [4.69, 9.17) is 4.74 Å². The van der Waals surface area contributed by atoms with Crippen molar-refractivity contribution in [3.63, 3.8) is 0 Å². The molecular formula is C18H37NO. The van der Waals surface area contributed by atoms with E-state index in [-0.39, 0.29) is 5.60 Å². The monoisotopic (exact) mass is 283 g/mol. The Kier molecular flexibility index (Phi) is 9.54. The van der Waals surface area contributed by atoms with Crippen molar-refractivity contribution in [2.24, 2.45) is 5.92 Å². The van der Waals surface area contributed by atoms with Gasteiger partial charge in [0.05, 0.1) is 5.60 Å². The lowest BCUT2D eigenvalue weighted by molar-refractivity contribution is -0.0771. The number of rotatable bonds is 11. The van der Waals surface area contributed by atoms with Crippen LogP contribution in [0.15, 0.2) is 0 Å². The number of ether oxygens (including phenoxy) is 1. The van der Waals surface area contributed by atoms with E-state index < -0.39 is 0 Å². The largest absolute Gasteiger partial charge is 0.374 e. The summed E-state index contributed by atoms with van der Waals surface area (Å²) in [7, 11) is 2.06. The number of unbranched alkanes of at least 4 members (excludes halogenated alkanes) is 4. The standard InChI is InChI=1S/C18H37NO/c1-4-6-7-8-9-15-20-18(16-19-3)13-11-17(10-5-2)12-14-18/h17,19H,4-16H2,1-3H3. The van der Waals surface area contributed by atoms with E-state index in [1.165, 1.54) is 70.6 Å². The van der Waals surface area contributed by atoms with Gasteiger partial charge >= 0.3 is 0 Å². The van der Waals surface area contributed by atoms with Crippen LogP contribution < -0.4 is 5.32 Å². The Morgan fingerprint density at radius 3 is 2.30 bits per heavy atom. The van der Waals surface area contributed by atoms with E-state index in [0.29, 0.717) is 0 Å². The van der Waals surface area contributed by atoms with Crippen LogP contribution in [0.25, 0.3) is 0 Å². The minimum Gasteiger partial charge on any atom is -0.374 e. The smallest absolute Gasteiger partial charge is 0.0806 e. The molecule has 120 valence electrons. The molecule has 0 radical (unpaired) electrons. The van der Waals surface area contributed by atoms with Crippen molar-refractivity contribution in [1.82, 2.24) is 5.32 Å². The highest BCUT2D eigenvalue weighted by atomic mass is 16.5. The molecule has 1 fully saturated rings. The lowest BCUT2D eigenvalue weighted by atomic mass is 9.77. The topological polar surface area (TPSA) is 21.3 Å². The first-order valence-corrected chi connectivity index (χ1v) is 9.05.